The Morgan fingerprint density at radius 2 is 2.24 bits per heavy atom. The average Bonchev–Trinajstić information content (AvgIpc) is 2.30. The topological polar surface area (TPSA) is 79.6 Å². The van der Waals surface area contributed by atoms with E-state index in [2.05, 4.69) is 0 Å². The Balaban J connectivity index is 3.22. The highest BCUT2D eigenvalue weighted by molar-refractivity contribution is 6.32. The van der Waals surface area contributed by atoms with Crippen molar-refractivity contribution < 1.29 is 19.4 Å². The van der Waals surface area contributed by atoms with E-state index in [0.29, 0.717) is 0 Å². The standard InChI is InChI=1S/C11H10ClNO4/c1-6(5-13)17-10-8(12)3-7(11(14)15)4-9(10)16-2/h3-4,6H,1-2H3,(H,14,15). The Bertz CT molecular complexity index is 481. The van der Waals surface area contributed by atoms with Crippen molar-refractivity contribution in [1.82, 2.24) is 0 Å². The molecule has 1 aromatic carbocycles. The summed E-state index contributed by atoms with van der Waals surface area (Å²) in [6.45, 7) is 1.54. The summed E-state index contributed by atoms with van der Waals surface area (Å²) < 4.78 is 10.2. The third-order valence-corrected chi connectivity index (χ3v) is 2.23. The zero-order valence-corrected chi connectivity index (χ0v) is 9.99. The van der Waals surface area contributed by atoms with Gasteiger partial charge < -0.3 is 14.6 Å². The molecule has 0 aliphatic heterocycles. The van der Waals surface area contributed by atoms with Gasteiger partial charge in [-0.2, -0.15) is 5.26 Å². The lowest BCUT2D eigenvalue weighted by Gasteiger charge is -2.14. The lowest BCUT2D eigenvalue weighted by Crippen LogP contribution is -2.10. The van der Waals surface area contributed by atoms with Gasteiger partial charge in [-0.1, -0.05) is 11.6 Å². The molecule has 0 spiro atoms. The van der Waals surface area contributed by atoms with Crippen LogP contribution in [0.3, 0.4) is 0 Å². The number of hydrogen-bond donors (Lipinski definition) is 1. The van der Waals surface area contributed by atoms with Crippen LogP contribution >= 0.6 is 11.6 Å². The third kappa shape index (κ3) is 3.02. The van der Waals surface area contributed by atoms with E-state index in [1.807, 2.05) is 6.07 Å². The highest BCUT2D eigenvalue weighted by Crippen LogP contribution is 2.37. The summed E-state index contributed by atoms with van der Waals surface area (Å²) in [5, 5.41) is 17.6. The molecule has 90 valence electrons. The first kappa shape index (κ1) is 13.1. The first-order valence-electron chi connectivity index (χ1n) is 4.66. The quantitative estimate of drug-likeness (QED) is 0.893. The van der Waals surface area contributed by atoms with Crippen LogP contribution in [0.1, 0.15) is 17.3 Å². The van der Waals surface area contributed by atoms with Gasteiger partial charge in [-0.05, 0) is 19.1 Å². The molecule has 0 saturated heterocycles. The highest BCUT2D eigenvalue weighted by atomic mass is 35.5. The maximum absolute atomic E-state index is 10.8. The van der Waals surface area contributed by atoms with Crippen molar-refractivity contribution in [3.63, 3.8) is 0 Å². The number of carboxylic acid groups (broad SMARTS) is 1. The van der Waals surface area contributed by atoms with E-state index in [-0.39, 0.29) is 22.1 Å². The Kier molecular flexibility index (Phi) is 4.18. The second-order valence-corrected chi connectivity index (χ2v) is 3.59. The molecule has 1 atom stereocenters. The summed E-state index contributed by atoms with van der Waals surface area (Å²) in [5.41, 5.74) is -0.0104. The SMILES string of the molecule is COc1cc(C(=O)O)cc(Cl)c1OC(C)C#N. The molecule has 0 fully saturated rings. The number of carboxylic acids is 1. The van der Waals surface area contributed by atoms with Gasteiger partial charge in [0.25, 0.3) is 0 Å². The molecule has 0 radical (unpaired) electrons. The van der Waals surface area contributed by atoms with Crippen molar-refractivity contribution in [2.45, 2.75) is 13.0 Å². The van der Waals surface area contributed by atoms with Crippen LogP contribution < -0.4 is 9.47 Å². The third-order valence-electron chi connectivity index (χ3n) is 1.95. The first-order valence-corrected chi connectivity index (χ1v) is 5.04. The molecule has 5 nitrogen and oxygen atoms in total. The minimum atomic E-state index is -1.12. The van der Waals surface area contributed by atoms with Gasteiger partial charge in [0.1, 0.15) is 6.07 Å². The lowest BCUT2D eigenvalue weighted by atomic mass is 10.2. The van der Waals surface area contributed by atoms with Crippen LogP contribution in [0.2, 0.25) is 5.02 Å². The van der Waals surface area contributed by atoms with Gasteiger partial charge in [0.2, 0.25) is 0 Å². The lowest BCUT2D eigenvalue weighted by molar-refractivity contribution is 0.0696. The number of halogens is 1. The zero-order chi connectivity index (χ0) is 13.0. The van der Waals surface area contributed by atoms with E-state index in [1.165, 1.54) is 19.2 Å². The monoisotopic (exact) mass is 255 g/mol. The summed E-state index contributed by atoms with van der Waals surface area (Å²) in [5.74, 6) is -0.782. The van der Waals surface area contributed by atoms with Crippen molar-refractivity contribution in [2.75, 3.05) is 7.11 Å². The van der Waals surface area contributed by atoms with Crippen molar-refractivity contribution in [1.29, 1.82) is 5.26 Å². The zero-order valence-electron chi connectivity index (χ0n) is 9.23. The molecule has 0 heterocycles. The van der Waals surface area contributed by atoms with Gasteiger partial charge in [-0.3, -0.25) is 0 Å². The number of nitriles is 1. The number of aromatic carboxylic acids is 1. The molecule has 1 unspecified atom stereocenters. The van der Waals surface area contributed by atoms with Gasteiger partial charge >= 0.3 is 5.97 Å². The van der Waals surface area contributed by atoms with Crippen LogP contribution in [0, 0.1) is 11.3 Å². The molecule has 17 heavy (non-hydrogen) atoms. The van der Waals surface area contributed by atoms with Crippen molar-refractivity contribution in [2.24, 2.45) is 0 Å². The van der Waals surface area contributed by atoms with E-state index in [9.17, 15) is 4.79 Å². The predicted octanol–water partition coefficient (Wildman–Crippen LogP) is 2.34. The van der Waals surface area contributed by atoms with Crippen LogP contribution in [0.15, 0.2) is 12.1 Å². The van der Waals surface area contributed by atoms with Crippen LogP contribution in [0.4, 0.5) is 0 Å². The molecule has 1 rings (SSSR count). The molecule has 1 aromatic rings. The number of benzene rings is 1. The smallest absolute Gasteiger partial charge is 0.335 e. The summed E-state index contributed by atoms with van der Waals surface area (Å²) in [6, 6.07) is 4.40. The largest absolute Gasteiger partial charge is 0.493 e. The Morgan fingerprint density at radius 3 is 2.71 bits per heavy atom. The Hall–Kier alpha value is -1.93. The van der Waals surface area contributed by atoms with Crippen LogP contribution in [-0.2, 0) is 0 Å². The van der Waals surface area contributed by atoms with Gasteiger partial charge in [0, 0.05) is 0 Å². The van der Waals surface area contributed by atoms with Crippen molar-refractivity contribution in [3.8, 4) is 17.6 Å². The molecule has 0 bridgehead atoms. The molecular weight excluding hydrogens is 246 g/mol. The number of methoxy groups -OCH3 is 1. The van der Waals surface area contributed by atoms with Crippen molar-refractivity contribution in [3.05, 3.63) is 22.7 Å². The summed E-state index contributed by atoms with van der Waals surface area (Å²) in [6.07, 6.45) is -0.711. The predicted molar refractivity (Wildman–Crippen MR) is 60.7 cm³/mol. The molecule has 0 aliphatic carbocycles. The van der Waals surface area contributed by atoms with E-state index >= 15 is 0 Å². The normalized spacial score (nSPS) is 11.4. The summed E-state index contributed by atoms with van der Waals surface area (Å²) in [7, 11) is 1.36. The highest BCUT2D eigenvalue weighted by Gasteiger charge is 2.17. The first-order chi connectivity index (χ1) is 7.99. The molecule has 0 aromatic heterocycles. The Morgan fingerprint density at radius 1 is 1.59 bits per heavy atom. The summed E-state index contributed by atoms with van der Waals surface area (Å²) >= 11 is 5.88. The maximum Gasteiger partial charge on any atom is 0.335 e. The van der Waals surface area contributed by atoms with Crippen LogP contribution in [0.5, 0.6) is 11.5 Å². The minimum absolute atomic E-state index is 0.0104. The number of ether oxygens (including phenoxy) is 2. The van der Waals surface area contributed by atoms with Crippen molar-refractivity contribution >= 4 is 17.6 Å². The Labute approximate surface area is 103 Å². The second kappa shape index (κ2) is 5.41. The molecule has 0 aliphatic rings. The fourth-order valence-electron chi connectivity index (χ4n) is 1.16. The second-order valence-electron chi connectivity index (χ2n) is 3.18. The fourth-order valence-corrected chi connectivity index (χ4v) is 1.42. The van der Waals surface area contributed by atoms with E-state index in [0.717, 1.165) is 0 Å². The molecule has 1 N–H and O–H groups in total. The van der Waals surface area contributed by atoms with E-state index in [4.69, 9.17) is 31.4 Å². The van der Waals surface area contributed by atoms with Gasteiger partial charge in [0.05, 0.1) is 17.7 Å². The fraction of sp³-hybridized carbons (Fsp3) is 0.273. The summed E-state index contributed by atoms with van der Waals surface area (Å²) in [4.78, 5) is 10.8. The van der Waals surface area contributed by atoms with Gasteiger partial charge in [0.15, 0.2) is 17.6 Å². The number of carbonyl (C=O) groups is 1. The average molecular weight is 256 g/mol. The number of nitrogens with zero attached hydrogens (tertiary/aromatic N) is 1. The maximum atomic E-state index is 10.8. The molecule has 6 heteroatoms. The van der Waals surface area contributed by atoms with Crippen LogP contribution in [0.25, 0.3) is 0 Å². The van der Waals surface area contributed by atoms with E-state index < -0.39 is 12.1 Å². The van der Waals surface area contributed by atoms with E-state index in [1.54, 1.807) is 6.92 Å². The molecule has 0 saturated carbocycles. The molecule has 0 amide bonds. The molecular formula is C11H10ClNO4. The number of rotatable bonds is 4. The minimum Gasteiger partial charge on any atom is -0.493 e. The number of hydrogen-bond acceptors (Lipinski definition) is 4. The van der Waals surface area contributed by atoms with Gasteiger partial charge in [-0.25, -0.2) is 4.79 Å². The van der Waals surface area contributed by atoms with Crippen LogP contribution in [-0.4, -0.2) is 24.3 Å². The van der Waals surface area contributed by atoms with Gasteiger partial charge in [-0.15, -0.1) is 0 Å².